The topological polar surface area (TPSA) is 150 Å². The van der Waals surface area contributed by atoms with Crippen molar-refractivity contribution in [2.24, 2.45) is 39.7 Å². The number of rotatable bonds is 10. The van der Waals surface area contributed by atoms with E-state index in [0.717, 1.165) is 60.7 Å². The number of para-hydroxylation sites is 1. The molecule has 0 aliphatic heterocycles. The maximum absolute atomic E-state index is 12.5. The van der Waals surface area contributed by atoms with Crippen LogP contribution in [0.1, 0.15) is 77.7 Å². The van der Waals surface area contributed by atoms with Crippen molar-refractivity contribution in [2.45, 2.75) is 84.6 Å². The highest BCUT2D eigenvalue weighted by Gasteiger charge is 2.59. The molecule has 1 heterocycles. The van der Waals surface area contributed by atoms with Crippen molar-refractivity contribution in [1.29, 1.82) is 0 Å². The number of hydrogen-bond acceptors (Lipinski definition) is 6. The summed E-state index contributed by atoms with van der Waals surface area (Å²) in [7, 11) is 0. The van der Waals surface area contributed by atoms with E-state index >= 15 is 0 Å². The largest absolute Gasteiger partial charge is 0.480 e. The van der Waals surface area contributed by atoms with Gasteiger partial charge in [0.15, 0.2) is 6.61 Å². The second kappa shape index (κ2) is 12.7. The van der Waals surface area contributed by atoms with E-state index in [0.29, 0.717) is 23.5 Å². The Kier molecular flexibility index (Phi) is 8.83. The molecular formula is C36H46N4O6. The molecule has 0 bridgehead atoms. The van der Waals surface area contributed by atoms with Gasteiger partial charge in [-0.1, -0.05) is 42.8 Å². The predicted octanol–water partition coefficient (Wildman–Crippen LogP) is 4.94. The number of amides is 2. The van der Waals surface area contributed by atoms with Crippen molar-refractivity contribution in [1.82, 2.24) is 15.6 Å². The number of aromatic amines is 1. The molecule has 0 saturated heterocycles. The number of nitrogens with zero attached hydrogens (tertiary/aromatic N) is 1. The van der Waals surface area contributed by atoms with Gasteiger partial charge in [0, 0.05) is 29.4 Å². The lowest BCUT2D eigenvalue weighted by atomic mass is 9.46. The molecule has 2 amide bonds. The number of H-pyrrole nitrogens is 1. The number of carboxylic acids is 1. The number of ketones is 1. The minimum Gasteiger partial charge on any atom is -0.480 e. The molecule has 10 heteroatoms. The van der Waals surface area contributed by atoms with E-state index < -0.39 is 23.8 Å². The molecule has 3 saturated carbocycles. The van der Waals surface area contributed by atoms with Gasteiger partial charge in [-0.05, 0) is 105 Å². The molecule has 3 fully saturated rings. The number of carbonyl (C=O) groups excluding carboxylic acids is 3. The van der Waals surface area contributed by atoms with E-state index in [-0.39, 0.29) is 36.3 Å². The number of carbonyl (C=O) groups is 4. The summed E-state index contributed by atoms with van der Waals surface area (Å²) in [6.45, 7) is 5.88. The minimum atomic E-state index is -1.16. The molecule has 46 heavy (non-hydrogen) atoms. The number of oxime groups is 1. The first kappa shape index (κ1) is 32.0. The van der Waals surface area contributed by atoms with E-state index in [4.69, 9.17) is 4.84 Å². The fourth-order valence-corrected chi connectivity index (χ4v) is 9.68. The van der Waals surface area contributed by atoms with Crippen LogP contribution in [0, 0.1) is 34.5 Å². The molecule has 4 aliphatic rings. The third kappa shape index (κ3) is 5.98. The number of hydrogen-bond donors (Lipinski definition) is 4. The van der Waals surface area contributed by atoms with Crippen molar-refractivity contribution in [3.8, 4) is 0 Å². The lowest BCUT2D eigenvalue weighted by Gasteiger charge is -2.58. The molecule has 0 spiro atoms. The summed E-state index contributed by atoms with van der Waals surface area (Å²) in [5.41, 5.74) is 4.20. The molecule has 1 aromatic heterocycles. The molecule has 2 aromatic rings. The summed E-state index contributed by atoms with van der Waals surface area (Å²) in [5.74, 6) is 0.238. The van der Waals surface area contributed by atoms with E-state index in [2.05, 4.69) is 40.7 Å². The van der Waals surface area contributed by atoms with Gasteiger partial charge in [0.2, 0.25) is 5.91 Å². The van der Waals surface area contributed by atoms with Crippen LogP contribution in [0.25, 0.3) is 10.9 Å². The van der Waals surface area contributed by atoms with Crippen LogP contribution in [0.15, 0.2) is 47.3 Å². The van der Waals surface area contributed by atoms with Crippen LogP contribution in [0.2, 0.25) is 0 Å². The summed E-state index contributed by atoms with van der Waals surface area (Å²) in [4.78, 5) is 57.6. The number of carboxylic acid groups (broad SMARTS) is 1. The Balaban J connectivity index is 0.983. The second-order valence-corrected chi connectivity index (χ2v) is 14.4. The lowest BCUT2D eigenvalue weighted by Crippen LogP contribution is -2.51. The summed E-state index contributed by atoms with van der Waals surface area (Å²) in [6, 6.07) is 6.41. The fraction of sp³-hybridized carbons (Fsp3) is 0.583. The van der Waals surface area contributed by atoms with Crippen molar-refractivity contribution >= 4 is 40.2 Å². The van der Waals surface area contributed by atoms with Crippen molar-refractivity contribution in [2.75, 3.05) is 13.2 Å². The number of fused-ring (bicyclic) bond motifs is 6. The first-order chi connectivity index (χ1) is 22.0. The molecule has 1 aromatic carbocycles. The zero-order chi connectivity index (χ0) is 32.6. The van der Waals surface area contributed by atoms with Crippen molar-refractivity contribution < 1.29 is 29.1 Å². The molecule has 10 nitrogen and oxygen atoms in total. The Morgan fingerprint density at radius 3 is 2.63 bits per heavy atom. The number of nitrogens with one attached hydrogen (secondary N) is 3. The maximum atomic E-state index is 12.5. The number of allylic oxidation sites excluding steroid dienone is 2. The molecule has 246 valence electrons. The van der Waals surface area contributed by atoms with Gasteiger partial charge in [-0.25, -0.2) is 4.79 Å². The first-order valence-corrected chi connectivity index (χ1v) is 16.7. The first-order valence-electron chi connectivity index (χ1n) is 16.7. The highest BCUT2D eigenvalue weighted by molar-refractivity contribution is 5.96. The Bertz CT molecular complexity index is 1590. The average molecular weight is 631 g/mol. The van der Waals surface area contributed by atoms with Crippen LogP contribution in [-0.2, 0) is 30.4 Å². The lowest BCUT2D eigenvalue weighted by molar-refractivity contribution is -0.141. The Hall–Kier alpha value is -3.95. The van der Waals surface area contributed by atoms with Gasteiger partial charge in [-0.3, -0.25) is 14.4 Å². The Morgan fingerprint density at radius 2 is 1.85 bits per heavy atom. The van der Waals surface area contributed by atoms with Gasteiger partial charge in [-0.2, -0.15) is 0 Å². The summed E-state index contributed by atoms with van der Waals surface area (Å²) in [6.07, 6.45) is 12.5. The van der Waals surface area contributed by atoms with Gasteiger partial charge in [0.1, 0.15) is 11.8 Å². The molecule has 7 atom stereocenters. The quantitative estimate of drug-likeness (QED) is 0.273. The maximum Gasteiger partial charge on any atom is 0.326 e. The molecule has 4 N–H and O–H groups in total. The number of aliphatic carboxylic acids is 1. The third-order valence-corrected chi connectivity index (χ3v) is 12.0. The van der Waals surface area contributed by atoms with Crippen LogP contribution in [0.3, 0.4) is 0 Å². The minimum absolute atomic E-state index is 0.107. The van der Waals surface area contributed by atoms with Crippen LogP contribution >= 0.6 is 0 Å². The highest BCUT2D eigenvalue weighted by atomic mass is 16.6. The zero-order valence-electron chi connectivity index (χ0n) is 27.1. The summed E-state index contributed by atoms with van der Waals surface area (Å²) in [5, 5.41) is 19.8. The fourth-order valence-electron chi connectivity index (χ4n) is 9.68. The van der Waals surface area contributed by atoms with Gasteiger partial charge in [0.05, 0.1) is 12.3 Å². The van der Waals surface area contributed by atoms with Crippen LogP contribution in [-0.4, -0.2) is 58.6 Å². The van der Waals surface area contributed by atoms with Gasteiger partial charge in [0.25, 0.3) is 5.91 Å². The van der Waals surface area contributed by atoms with Crippen molar-refractivity contribution in [3.63, 3.8) is 0 Å². The SMILES string of the molecule is CC(=O)[C@@H]1CC[C@@H]2[C@@H]3CCC4=C/C(=N/OCC(=O)NCC(=O)N[C@@H](Cc5c[nH]c6ccccc56)C(=O)O)CC[C@]4(C)[C@H]3CC[C@@]21C. The third-order valence-electron chi connectivity index (χ3n) is 12.0. The molecule has 0 radical (unpaired) electrons. The number of Topliss-reactive ketones (excluding diaryl/α,β-unsaturated/α-hetero) is 1. The normalized spacial score (nSPS) is 31.6. The van der Waals surface area contributed by atoms with Gasteiger partial charge < -0.3 is 25.6 Å². The molecule has 4 aliphatic carbocycles. The number of benzene rings is 1. The van der Waals surface area contributed by atoms with Gasteiger partial charge in [-0.15, -0.1) is 0 Å². The van der Waals surface area contributed by atoms with E-state index in [1.54, 1.807) is 13.1 Å². The van der Waals surface area contributed by atoms with Crippen LogP contribution in [0.5, 0.6) is 0 Å². The molecular weight excluding hydrogens is 584 g/mol. The Labute approximate surface area is 269 Å². The Morgan fingerprint density at radius 1 is 1.04 bits per heavy atom. The van der Waals surface area contributed by atoms with Crippen molar-refractivity contribution in [3.05, 3.63) is 47.7 Å². The summed E-state index contributed by atoms with van der Waals surface area (Å²) >= 11 is 0. The van der Waals surface area contributed by atoms with E-state index in [9.17, 15) is 24.3 Å². The molecule has 6 rings (SSSR count). The highest BCUT2D eigenvalue weighted by Crippen LogP contribution is 2.66. The predicted molar refractivity (Wildman–Crippen MR) is 174 cm³/mol. The average Bonchev–Trinajstić information content (AvgIpc) is 3.60. The molecule has 0 unspecified atom stereocenters. The second-order valence-electron chi connectivity index (χ2n) is 14.4. The van der Waals surface area contributed by atoms with Gasteiger partial charge >= 0.3 is 5.97 Å². The van der Waals surface area contributed by atoms with E-state index in [1.807, 2.05) is 24.3 Å². The summed E-state index contributed by atoms with van der Waals surface area (Å²) < 4.78 is 0. The van der Waals surface area contributed by atoms with E-state index in [1.165, 1.54) is 18.4 Å². The standard InChI is InChI=1S/C36H46N4O6/c1-21(41)27-10-11-28-26-9-8-23-17-24(12-14-35(23,2)29(26)13-15-36(27,28)3)40-46-20-33(43)38-19-32(42)39-31(34(44)45)16-22-18-37-30-7-5-4-6-25(22)30/h4-7,17-18,26-29,31,37H,8-16,19-20H2,1-3H3,(H,38,43)(H,39,42)(H,44,45)/b40-24+/t26-,27-,28+,29-,31-,35-,36+/m0/s1. The smallest absolute Gasteiger partial charge is 0.326 e. The zero-order valence-corrected chi connectivity index (χ0v) is 27.1. The monoisotopic (exact) mass is 630 g/mol. The van der Waals surface area contributed by atoms with Crippen LogP contribution in [0.4, 0.5) is 0 Å². The van der Waals surface area contributed by atoms with Crippen LogP contribution < -0.4 is 10.6 Å². The number of aromatic nitrogens is 1.